The van der Waals surface area contributed by atoms with Gasteiger partial charge in [0.1, 0.15) is 11.5 Å². The average molecular weight is 534 g/mol. The normalized spacial score (nSPS) is 17.2. The maximum atomic E-state index is 6.07. The number of rotatable bonds is 2. The molecule has 1 unspecified atom stereocenters. The summed E-state index contributed by atoms with van der Waals surface area (Å²) in [6, 6.07) is 25.9. The monoisotopic (exact) mass is 532 g/mol. The number of hydrogen-bond acceptors (Lipinski definition) is 2. The summed E-state index contributed by atoms with van der Waals surface area (Å²) in [4.78, 5) is 0. The van der Waals surface area contributed by atoms with E-state index in [9.17, 15) is 0 Å². The second-order valence-electron chi connectivity index (χ2n) is 7.85. The van der Waals surface area contributed by atoms with Crippen molar-refractivity contribution in [1.29, 1.82) is 0 Å². The molecule has 0 saturated carbocycles. The van der Waals surface area contributed by atoms with Gasteiger partial charge in [-0.25, -0.2) is 0 Å². The fraction of sp³-hybridized carbons (Fsp3) is 0.111. The highest BCUT2D eigenvalue weighted by molar-refractivity contribution is 9.13. The van der Waals surface area contributed by atoms with Gasteiger partial charge in [-0.1, -0.05) is 60.7 Å². The van der Waals surface area contributed by atoms with Crippen LogP contribution in [0.3, 0.4) is 0 Å². The SMILES string of the molecule is COc1cccc2c1C1(c3ccccc3-2)c2ccccc2-c2cc(Br)c(Br)c(OC)c21. The van der Waals surface area contributed by atoms with Gasteiger partial charge in [0.05, 0.1) is 24.1 Å². The molecule has 0 heterocycles. The summed E-state index contributed by atoms with van der Waals surface area (Å²) < 4.78 is 13.9. The van der Waals surface area contributed by atoms with Crippen molar-refractivity contribution in [3.63, 3.8) is 0 Å². The topological polar surface area (TPSA) is 18.5 Å². The summed E-state index contributed by atoms with van der Waals surface area (Å²) >= 11 is 7.51. The Morgan fingerprint density at radius 1 is 0.645 bits per heavy atom. The lowest BCUT2D eigenvalue weighted by atomic mass is 9.70. The predicted molar refractivity (Wildman–Crippen MR) is 131 cm³/mol. The minimum Gasteiger partial charge on any atom is -0.496 e. The number of hydrogen-bond donors (Lipinski definition) is 0. The highest BCUT2D eigenvalue weighted by Crippen LogP contribution is 2.67. The number of ether oxygens (including phenoxy) is 2. The first-order valence-corrected chi connectivity index (χ1v) is 11.7. The molecule has 0 aliphatic heterocycles. The van der Waals surface area contributed by atoms with Crippen molar-refractivity contribution in [2.24, 2.45) is 0 Å². The summed E-state index contributed by atoms with van der Waals surface area (Å²) in [5.41, 5.74) is 9.17. The van der Waals surface area contributed by atoms with Gasteiger partial charge < -0.3 is 9.47 Å². The second kappa shape index (κ2) is 6.72. The number of fused-ring (bicyclic) bond motifs is 10. The number of halogens is 2. The molecule has 6 rings (SSSR count). The highest BCUT2D eigenvalue weighted by atomic mass is 79.9. The van der Waals surface area contributed by atoms with Crippen LogP contribution in [0.5, 0.6) is 11.5 Å². The fourth-order valence-corrected chi connectivity index (χ4v) is 6.47. The van der Waals surface area contributed by atoms with Crippen molar-refractivity contribution < 1.29 is 9.47 Å². The first kappa shape index (κ1) is 19.1. The van der Waals surface area contributed by atoms with Crippen LogP contribution >= 0.6 is 31.9 Å². The molecule has 0 fully saturated rings. The van der Waals surface area contributed by atoms with Crippen molar-refractivity contribution in [2.45, 2.75) is 5.41 Å². The van der Waals surface area contributed by atoms with Crippen LogP contribution in [0.15, 0.2) is 81.7 Å². The lowest BCUT2D eigenvalue weighted by Crippen LogP contribution is -2.27. The van der Waals surface area contributed by atoms with Crippen LogP contribution in [0, 0.1) is 0 Å². The Hall–Kier alpha value is -2.56. The summed E-state index contributed by atoms with van der Waals surface area (Å²) in [6.45, 7) is 0. The zero-order valence-electron chi connectivity index (χ0n) is 17.0. The van der Waals surface area contributed by atoms with E-state index in [1.807, 2.05) is 0 Å². The molecule has 2 aliphatic carbocycles. The third-order valence-corrected chi connectivity index (χ3v) is 8.56. The quantitative estimate of drug-likeness (QED) is 0.228. The van der Waals surface area contributed by atoms with E-state index < -0.39 is 5.41 Å². The molecule has 0 saturated heterocycles. The van der Waals surface area contributed by atoms with E-state index in [1.54, 1.807) is 14.2 Å². The van der Waals surface area contributed by atoms with Crippen LogP contribution in [-0.4, -0.2) is 14.2 Å². The van der Waals surface area contributed by atoms with E-state index in [1.165, 1.54) is 38.9 Å². The van der Waals surface area contributed by atoms with Gasteiger partial charge in [0, 0.05) is 15.6 Å². The van der Waals surface area contributed by atoms with Gasteiger partial charge in [0.15, 0.2) is 0 Å². The van der Waals surface area contributed by atoms with Crippen LogP contribution < -0.4 is 9.47 Å². The van der Waals surface area contributed by atoms with Gasteiger partial charge in [-0.3, -0.25) is 0 Å². The number of benzene rings is 4. The second-order valence-corrected chi connectivity index (χ2v) is 9.50. The van der Waals surface area contributed by atoms with E-state index in [-0.39, 0.29) is 0 Å². The number of methoxy groups -OCH3 is 2. The smallest absolute Gasteiger partial charge is 0.139 e. The van der Waals surface area contributed by atoms with Crippen molar-refractivity contribution >= 4 is 31.9 Å². The average Bonchev–Trinajstić information content (AvgIpc) is 3.27. The molecule has 0 bridgehead atoms. The Kier molecular flexibility index (Phi) is 4.15. The van der Waals surface area contributed by atoms with Gasteiger partial charge in [0.25, 0.3) is 0 Å². The van der Waals surface area contributed by atoms with Crippen molar-refractivity contribution in [2.75, 3.05) is 14.2 Å². The Morgan fingerprint density at radius 2 is 1.26 bits per heavy atom. The van der Waals surface area contributed by atoms with Crippen LogP contribution in [-0.2, 0) is 5.41 Å². The summed E-state index contributed by atoms with van der Waals surface area (Å²) in [5.74, 6) is 1.73. The molecule has 4 heteroatoms. The predicted octanol–water partition coefficient (Wildman–Crippen LogP) is 7.57. The zero-order chi connectivity index (χ0) is 21.3. The Balaban J connectivity index is 1.92. The van der Waals surface area contributed by atoms with Crippen molar-refractivity contribution in [1.82, 2.24) is 0 Å². The van der Waals surface area contributed by atoms with Gasteiger partial charge >= 0.3 is 0 Å². The molecule has 2 nitrogen and oxygen atoms in total. The van der Waals surface area contributed by atoms with E-state index >= 15 is 0 Å². The molecule has 0 amide bonds. The van der Waals surface area contributed by atoms with Gasteiger partial charge in [0.2, 0.25) is 0 Å². The van der Waals surface area contributed by atoms with Gasteiger partial charge in [-0.05, 0) is 77.4 Å². The molecule has 1 spiro atoms. The Morgan fingerprint density at radius 3 is 1.90 bits per heavy atom. The molecule has 4 aromatic rings. The van der Waals surface area contributed by atoms with Crippen LogP contribution in [0.1, 0.15) is 22.3 Å². The Bertz CT molecular complexity index is 1390. The van der Waals surface area contributed by atoms with Crippen LogP contribution in [0.4, 0.5) is 0 Å². The molecule has 31 heavy (non-hydrogen) atoms. The first-order chi connectivity index (χ1) is 15.1. The molecule has 1 atom stereocenters. The maximum absolute atomic E-state index is 6.07. The first-order valence-electron chi connectivity index (χ1n) is 10.1. The molecule has 0 N–H and O–H groups in total. The minimum absolute atomic E-state index is 0.515. The zero-order valence-corrected chi connectivity index (χ0v) is 20.2. The molecule has 4 aromatic carbocycles. The Labute approximate surface area is 198 Å². The summed E-state index contributed by atoms with van der Waals surface area (Å²) in [5, 5.41) is 0. The molecule has 152 valence electrons. The van der Waals surface area contributed by atoms with E-state index in [0.29, 0.717) is 0 Å². The van der Waals surface area contributed by atoms with E-state index in [4.69, 9.17) is 9.47 Å². The standard InChI is InChI=1S/C27H18Br2O2/c1-30-22-13-7-10-17-15-8-3-5-11-19(15)27(23(17)22)20-12-6-4-9-16(20)18-14-21(28)25(29)26(31-2)24(18)27/h3-14H,1-2H3. The lowest BCUT2D eigenvalue weighted by Gasteiger charge is -2.32. The van der Waals surface area contributed by atoms with E-state index in [0.717, 1.165) is 26.0 Å². The highest BCUT2D eigenvalue weighted by Gasteiger charge is 2.55. The molecular weight excluding hydrogens is 516 g/mol. The van der Waals surface area contributed by atoms with Crippen molar-refractivity contribution in [3.05, 3.63) is 104 Å². The summed E-state index contributed by atoms with van der Waals surface area (Å²) in [7, 11) is 3.50. The molecule has 0 radical (unpaired) electrons. The molecular formula is C27H18Br2O2. The third-order valence-electron chi connectivity index (χ3n) is 6.62. The maximum Gasteiger partial charge on any atom is 0.139 e. The lowest BCUT2D eigenvalue weighted by molar-refractivity contribution is 0.396. The third kappa shape index (κ3) is 2.22. The van der Waals surface area contributed by atoms with Gasteiger partial charge in [-0.15, -0.1) is 0 Å². The fourth-order valence-electron chi connectivity index (χ4n) is 5.59. The summed E-state index contributed by atoms with van der Waals surface area (Å²) in [6.07, 6.45) is 0. The van der Waals surface area contributed by atoms with Crippen LogP contribution in [0.25, 0.3) is 22.3 Å². The van der Waals surface area contributed by atoms with Crippen molar-refractivity contribution in [3.8, 4) is 33.8 Å². The minimum atomic E-state index is -0.515. The molecule has 0 aromatic heterocycles. The molecule has 2 aliphatic rings. The van der Waals surface area contributed by atoms with E-state index in [2.05, 4.69) is 105 Å². The largest absolute Gasteiger partial charge is 0.496 e. The van der Waals surface area contributed by atoms with Gasteiger partial charge in [-0.2, -0.15) is 0 Å². The van der Waals surface area contributed by atoms with Crippen LogP contribution in [0.2, 0.25) is 0 Å².